The van der Waals surface area contributed by atoms with Crippen LogP contribution in [0.15, 0.2) is 24.3 Å². The Hall–Kier alpha value is -0.430. The Morgan fingerprint density at radius 2 is 1.83 bits per heavy atom. The minimum absolute atomic E-state index is 0.404. The molecule has 0 N–H and O–H groups in total. The van der Waals surface area contributed by atoms with E-state index in [2.05, 4.69) is 32.6 Å². The predicted octanol–water partition coefficient (Wildman–Crippen LogP) is 4.20. The maximum absolute atomic E-state index is 6.10. The highest BCUT2D eigenvalue weighted by Gasteiger charge is 2.11. The van der Waals surface area contributed by atoms with Gasteiger partial charge in [-0.05, 0) is 46.9 Å². The van der Waals surface area contributed by atoms with Crippen molar-refractivity contribution in [2.24, 2.45) is 0 Å². The van der Waals surface area contributed by atoms with Gasteiger partial charge in [0.2, 0.25) is 0 Å². The molecule has 2 aromatic rings. The van der Waals surface area contributed by atoms with E-state index >= 15 is 0 Å². The highest BCUT2D eigenvalue weighted by atomic mass is 127. The smallest absolute Gasteiger partial charge is 0.161 e. The molecule has 18 heavy (non-hydrogen) atoms. The second-order valence-electron chi connectivity index (χ2n) is 3.54. The van der Waals surface area contributed by atoms with Crippen LogP contribution in [0.2, 0.25) is 10.2 Å². The summed E-state index contributed by atoms with van der Waals surface area (Å²) in [6.07, 6.45) is 0. The van der Waals surface area contributed by atoms with Crippen LogP contribution in [-0.2, 0) is 11.3 Å². The molecule has 0 aliphatic heterocycles. The number of benzene rings is 1. The van der Waals surface area contributed by atoms with E-state index in [0.717, 1.165) is 14.8 Å². The normalized spacial score (nSPS) is 10.7. The Morgan fingerprint density at radius 1 is 1.17 bits per heavy atom. The van der Waals surface area contributed by atoms with Crippen LogP contribution in [0.5, 0.6) is 0 Å². The summed E-state index contributed by atoms with van der Waals surface area (Å²) in [5.41, 5.74) is 1.65. The Labute approximate surface area is 129 Å². The van der Waals surface area contributed by atoms with E-state index < -0.39 is 0 Å². The van der Waals surface area contributed by atoms with Crippen molar-refractivity contribution < 1.29 is 4.74 Å². The topological polar surface area (TPSA) is 35.0 Å². The maximum Gasteiger partial charge on any atom is 0.161 e. The van der Waals surface area contributed by atoms with E-state index in [9.17, 15) is 0 Å². The third kappa shape index (κ3) is 3.12. The van der Waals surface area contributed by atoms with Gasteiger partial charge in [-0.15, -0.1) is 0 Å². The van der Waals surface area contributed by atoms with Gasteiger partial charge in [0, 0.05) is 17.7 Å². The quantitative estimate of drug-likeness (QED) is 0.578. The van der Waals surface area contributed by atoms with E-state index in [4.69, 9.17) is 27.9 Å². The molecule has 0 spiro atoms. The third-order valence-electron chi connectivity index (χ3n) is 2.26. The molecule has 0 aliphatic carbocycles. The molecule has 6 heteroatoms. The second kappa shape index (κ2) is 6.14. The molecular formula is C12H9Cl2IN2O. The molecule has 94 valence electrons. The summed E-state index contributed by atoms with van der Waals surface area (Å²) in [4.78, 5) is 8.72. The number of aromatic nitrogens is 2. The van der Waals surface area contributed by atoms with Gasteiger partial charge < -0.3 is 4.74 Å². The largest absolute Gasteiger partial charge is 0.378 e. The lowest BCUT2D eigenvalue weighted by Crippen LogP contribution is -2.01. The highest BCUT2D eigenvalue weighted by Crippen LogP contribution is 2.25. The van der Waals surface area contributed by atoms with Gasteiger partial charge in [0.1, 0.15) is 5.15 Å². The summed E-state index contributed by atoms with van der Waals surface area (Å²) in [6.45, 7) is 0.404. The first-order valence-electron chi connectivity index (χ1n) is 5.08. The lowest BCUT2D eigenvalue weighted by Gasteiger charge is -2.07. The molecule has 0 saturated heterocycles. The van der Waals surface area contributed by atoms with Crippen LogP contribution >= 0.6 is 45.8 Å². The minimum atomic E-state index is 0.404. The lowest BCUT2D eigenvalue weighted by molar-refractivity contribution is 0.181. The van der Waals surface area contributed by atoms with Gasteiger partial charge in [0.05, 0.1) is 15.9 Å². The van der Waals surface area contributed by atoms with E-state index in [0.29, 0.717) is 22.6 Å². The summed E-state index contributed by atoms with van der Waals surface area (Å²) in [5.74, 6) is 0.573. The van der Waals surface area contributed by atoms with Crippen molar-refractivity contribution in [3.8, 4) is 11.4 Å². The van der Waals surface area contributed by atoms with Crippen LogP contribution in [0.3, 0.4) is 0 Å². The zero-order chi connectivity index (χ0) is 13.1. The van der Waals surface area contributed by atoms with E-state index in [1.807, 2.05) is 12.1 Å². The zero-order valence-corrected chi connectivity index (χ0v) is 13.1. The van der Waals surface area contributed by atoms with Crippen molar-refractivity contribution in [1.82, 2.24) is 9.97 Å². The molecule has 2 rings (SSSR count). The van der Waals surface area contributed by atoms with Gasteiger partial charge in [-0.25, -0.2) is 9.97 Å². The Balaban J connectivity index is 2.48. The first kappa shape index (κ1) is 14.0. The third-order valence-corrected chi connectivity index (χ3v) is 4.24. The Bertz CT molecular complexity index is 561. The van der Waals surface area contributed by atoms with Crippen LogP contribution in [0.1, 0.15) is 5.69 Å². The fourth-order valence-electron chi connectivity index (χ4n) is 1.42. The average molecular weight is 395 g/mol. The number of hydrogen-bond donors (Lipinski definition) is 0. The molecule has 1 aromatic carbocycles. The number of ether oxygens (including phenoxy) is 1. The number of hydrogen-bond acceptors (Lipinski definition) is 3. The first-order valence-corrected chi connectivity index (χ1v) is 6.92. The van der Waals surface area contributed by atoms with Crippen molar-refractivity contribution in [2.45, 2.75) is 6.61 Å². The van der Waals surface area contributed by atoms with Gasteiger partial charge >= 0.3 is 0 Å². The Morgan fingerprint density at radius 3 is 2.44 bits per heavy atom. The molecule has 1 heterocycles. The molecule has 0 atom stereocenters. The molecule has 0 fully saturated rings. The monoisotopic (exact) mass is 394 g/mol. The SMILES string of the molecule is COCc1nc(-c2ccc(Cl)cc2)nc(Cl)c1I. The first-order chi connectivity index (χ1) is 8.61. The van der Waals surface area contributed by atoms with Gasteiger partial charge in [-0.2, -0.15) is 0 Å². The van der Waals surface area contributed by atoms with Crippen LogP contribution in [-0.4, -0.2) is 17.1 Å². The van der Waals surface area contributed by atoms with Crippen molar-refractivity contribution in [3.63, 3.8) is 0 Å². The average Bonchev–Trinajstić information content (AvgIpc) is 2.36. The maximum atomic E-state index is 6.10. The summed E-state index contributed by atoms with van der Waals surface area (Å²) in [5, 5.41) is 1.11. The molecule has 0 bridgehead atoms. The van der Waals surface area contributed by atoms with Gasteiger partial charge in [-0.1, -0.05) is 23.2 Å². The van der Waals surface area contributed by atoms with E-state index in [-0.39, 0.29) is 0 Å². The second-order valence-corrected chi connectivity index (χ2v) is 5.41. The standard InChI is InChI=1S/C12H9Cl2IN2O/c1-18-6-9-10(15)11(14)17-12(16-9)7-2-4-8(13)5-3-7/h2-5H,6H2,1H3. The van der Waals surface area contributed by atoms with Crippen LogP contribution in [0, 0.1) is 3.57 Å². The van der Waals surface area contributed by atoms with Crippen LogP contribution in [0.25, 0.3) is 11.4 Å². The fourth-order valence-corrected chi connectivity index (χ4v) is 2.14. The Kier molecular flexibility index (Phi) is 4.77. The fraction of sp³-hybridized carbons (Fsp3) is 0.167. The summed E-state index contributed by atoms with van der Waals surface area (Å²) in [7, 11) is 1.62. The molecule has 0 aliphatic rings. The zero-order valence-electron chi connectivity index (χ0n) is 9.45. The van der Waals surface area contributed by atoms with E-state index in [1.165, 1.54) is 0 Å². The molecule has 0 saturated carbocycles. The molecular weight excluding hydrogens is 386 g/mol. The molecule has 0 radical (unpaired) electrons. The summed E-state index contributed by atoms with van der Waals surface area (Å²) in [6, 6.07) is 7.30. The van der Waals surface area contributed by atoms with Crippen molar-refractivity contribution in [2.75, 3.05) is 7.11 Å². The van der Waals surface area contributed by atoms with Crippen LogP contribution < -0.4 is 0 Å². The number of rotatable bonds is 3. The highest BCUT2D eigenvalue weighted by molar-refractivity contribution is 14.1. The molecule has 3 nitrogen and oxygen atoms in total. The number of halogens is 3. The molecule has 0 unspecified atom stereocenters. The summed E-state index contributed by atoms with van der Waals surface area (Å²) >= 11 is 14.1. The lowest BCUT2D eigenvalue weighted by atomic mass is 10.2. The van der Waals surface area contributed by atoms with Gasteiger partial charge in [0.25, 0.3) is 0 Å². The molecule has 0 amide bonds. The number of nitrogens with zero attached hydrogens (tertiary/aromatic N) is 2. The van der Waals surface area contributed by atoms with Crippen molar-refractivity contribution in [1.29, 1.82) is 0 Å². The van der Waals surface area contributed by atoms with E-state index in [1.54, 1.807) is 19.2 Å². The number of methoxy groups -OCH3 is 1. The summed E-state index contributed by atoms with van der Waals surface area (Å²) < 4.78 is 5.91. The van der Waals surface area contributed by atoms with Gasteiger partial charge in [0.15, 0.2) is 5.82 Å². The minimum Gasteiger partial charge on any atom is -0.378 e. The van der Waals surface area contributed by atoms with Crippen molar-refractivity contribution in [3.05, 3.63) is 43.7 Å². The predicted molar refractivity (Wildman–Crippen MR) is 80.9 cm³/mol. The molecule has 1 aromatic heterocycles. The van der Waals surface area contributed by atoms with Crippen molar-refractivity contribution >= 4 is 45.8 Å². The van der Waals surface area contributed by atoms with Gasteiger partial charge in [-0.3, -0.25) is 0 Å². The van der Waals surface area contributed by atoms with Crippen LogP contribution in [0.4, 0.5) is 0 Å².